The van der Waals surface area contributed by atoms with Crippen molar-refractivity contribution in [2.24, 2.45) is 5.92 Å². The number of hydrogen-bond acceptors (Lipinski definition) is 5. The molecule has 0 aromatic heterocycles. The number of benzene rings is 1. The van der Waals surface area contributed by atoms with Gasteiger partial charge >= 0.3 is 12.2 Å². The van der Waals surface area contributed by atoms with Crippen molar-refractivity contribution in [3.8, 4) is 0 Å². The molecule has 0 spiro atoms. The van der Waals surface area contributed by atoms with Crippen molar-refractivity contribution in [3.05, 3.63) is 35.9 Å². The first kappa shape index (κ1) is 20.0. The lowest BCUT2D eigenvalue weighted by Gasteiger charge is -2.24. The van der Waals surface area contributed by atoms with Crippen LogP contribution in [0.5, 0.6) is 0 Å². The van der Waals surface area contributed by atoms with Gasteiger partial charge in [0.05, 0.1) is 12.6 Å². The Morgan fingerprint density at radius 2 is 1.92 bits per heavy atom. The Bertz CT molecular complexity index is 600. The Balaban J connectivity index is 1.67. The molecular weight excluding hydrogens is 336 g/mol. The molecule has 0 bridgehead atoms. The molecule has 1 fully saturated rings. The summed E-state index contributed by atoms with van der Waals surface area (Å²) in [6, 6.07) is 9.43. The van der Waals surface area contributed by atoms with E-state index >= 15 is 0 Å². The summed E-state index contributed by atoms with van der Waals surface area (Å²) in [7, 11) is 0. The maximum absolute atomic E-state index is 12.1. The van der Waals surface area contributed by atoms with Crippen molar-refractivity contribution in [2.45, 2.75) is 45.5 Å². The molecule has 1 aliphatic heterocycles. The molecule has 2 atom stereocenters. The standard InChI is InChI=1S/C19H28N2O5/c1-19(2,3)26-18(24)21-11-15(16(22)12-21)9-10-20-17(23)25-13-14-7-5-4-6-8-14/h4-8,15-16,22H,9-13H2,1-3H3,(H,20,23). The molecule has 26 heavy (non-hydrogen) atoms. The molecule has 1 aromatic rings. The summed E-state index contributed by atoms with van der Waals surface area (Å²) in [5.74, 6) is -0.100. The van der Waals surface area contributed by atoms with Crippen LogP contribution in [0.15, 0.2) is 30.3 Å². The number of nitrogens with one attached hydrogen (secondary N) is 1. The van der Waals surface area contributed by atoms with Crippen LogP contribution >= 0.6 is 0 Å². The van der Waals surface area contributed by atoms with Crippen LogP contribution in [0.1, 0.15) is 32.8 Å². The number of alkyl carbamates (subject to hydrolysis) is 1. The zero-order valence-electron chi connectivity index (χ0n) is 15.6. The molecule has 0 radical (unpaired) electrons. The first-order chi connectivity index (χ1) is 12.2. The minimum atomic E-state index is -0.621. The Hall–Kier alpha value is -2.28. The molecular formula is C19H28N2O5. The summed E-state index contributed by atoms with van der Waals surface area (Å²) in [4.78, 5) is 25.3. The highest BCUT2D eigenvalue weighted by atomic mass is 16.6. The molecule has 2 N–H and O–H groups in total. The molecule has 1 heterocycles. The van der Waals surface area contributed by atoms with Crippen LogP contribution < -0.4 is 5.32 Å². The van der Waals surface area contributed by atoms with Crippen LogP contribution in [-0.2, 0) is 16.1 Å². The largest absolute Gasteiger partial charge is 0.445 e. The van der Waals surface area contributed by atoms with Gasteiger partial charge in [0.25, 0.3) is 0 Å². The van der Waals surface area contributed by atoms with E-state index in [1.807, 2.05) is 30.3 Å². The highest BCUT2D eigenvalue weighted by Gasteiger charge is 2.35. The number of nitrogens with zero attached hydrogens (tertiary/aromatic N) is 1. The van der Waals surface area contributed by atoms with Crippen LogP contribution in [0.25, 0.3) is 0 Å². The predicted octanol–water partition coefficient (Wildman–Crippen LogP) is 2.53. The Kier molecular flexibility index (Phi) is 6.85. The number of β-amino-alcohol motifs (C(OH)–C–C–N with tert-alkyl or cyclic N) is 1. The van der Waals surface area contributed by atoms with Gasteiger partial charge in [0, 0.05) is 19.0 Å². The fourth-order valence-corrected chi connectivity index (χ4v) is 2.75. The number of likely N-dealkylation sites (tertiary alicyclic amines) is 1. The minimum absolute atomic E-state index is 0.100. The predicted molar refractivity (Wildman–Crippen MR) is 96.6 cm³/mol. The van der Waals surface area contributed by atoms with Gasteiger partial charge in [-0.3, -0.25) is 0 Å². The molecule has 2 rings (SSSR count). The third-order valence-corrected chi connectivity index (χ3v) is 4.06. The highest BCUT2D eigenvalue weighted by Crippen LogP contribution is 2.22. The minimum Gasteiger partial charge on any atom is -0.445 e. The number of rotatable bonds is 5. The number of amides is 2. The van der Waals surface area contributed by atoms with E-state index < -0.39 is 23.9 Å². The summed E-state index contributed by atoms with van der Waals surface area (Å²) >= 11 is 0. The van der Waals surface area contributed by atoms with Crippen LogP contribution in [-0.4, -0.2) is 53.5 Å². The van der Waals surface area contributed by atoms with Crippen molar-refractivity contribution in [3.63, 3.8) is 0 Å². The van der Waals surface area contributed by atoms with Crippen molar-refractivity contribution in [1.29, 1.82) is 0 Å². The zero-order chi connectivity index (χ0) is 19.2. The average molecular weight is 364 g/mol. The van der Waals surface area contributed by atoms with Gasteiger partial charge in [0.1, 0.15) is 12.2 Å². The van der Waals surface area contributed by atoms with Gasteiger partial charge in [-0.05, 0) is 32.8 Å². The molecule has 144 valence electrons. The van der Waals surface area contributed by atoms with E-state index in [2.05, 4.69) is 5.32 Å². The van der Waals surface area contributed by atoms with Gasteiger partial charge in [-0.15, -0.1) is 0 Å². The van der Waals surface area contributed by atoms with Gasteiger partial charge in [-0.25, -0.2) is 9.59 Å². The van der Waals surface area contributed by atoms with Crippen molar-refractivity contribution >= 4 is 12.2 Å². The normalized spacial score (nSPS) is 19.9. The second kappa shape index (κ2) is 8.89. The fourth-order valence-electron chi connectivity index (χ4n) is 2.75. The molecule has 7 nitrogen and oxygen atoms in total. The average Bonchev–Trinajstić information content (AvgIpc) is 2.94. The highest BCUT2D eigenvalue weighted by molar-refractivity contribution is 5.68. The zero-order valence-corrected chi connectivity index (χ0v) is 15.6. The van der Waals surface area contributed by atoms with Crippen LogP contribution in [0.3, 0.4) is 0 Å². The van der Waals surface area contributed by atoms with E-state index in [1.165, 1.54) is 4.90 Å². The lowest BCUT2D eigenvalue weighted by Crippen LogP contribution is -2.36. The van der Waals surface area contributed by atoms with Gasteiger partial charge in [0.2, 0.25) is 0 Å². The number of hydrogen-bond donors (Lipinski definition) is 2. The summed E-state index contributed by atoms with van der Waals surface area (Å²) < 4.78 is 10.5. The maximum atomic E-state index is 12.1. The van der Waals surface area contributed by atoms with E-state index in [0.29, 0.717) is 19.5 Å². The summed E-state index contributed by atoms with van der Waals surface area (Å²) in [6.07, 6.45) is -0.981. The molecule has 1 aliphatic rings. The SMILES string of the molecule is CC(C)(C)OC(=O)N1CC(O)C(CCNC(=O)OCc2ccccc2)C1. The third kappa shape index (κ3) is 6.55. The lowest BCUT2D eigenvalue weighted by atomic mass is 10.0. The topological polar surface area (TPSA) is 88.1 Å². The first-order valence-electron chi connectivity index (χ1n) is 8.85. The smallest absolute Gasteiger partial charge is 0.410 e. The Labute approximate surface area is 154 Å². The van der Waals surface area contributed by atoms with Crippen molar-refractivity contribution in [1.82, 2.24) is 10.2 Å². The van der Waals surface area contributed by atoms with E-state index in [1.54, 1.807) is 20.8 Å². The summed E-state index contributed by atoms with van der Waals surface area (Å²) in [5.41, 5.74) is 0.353. The fraction of sp³-hybridized carbons (Fsp3) is 0.579. The van der Waals surface area contributed by atoms with E-state index in [0.717, 1.165) is 5.56 Å². The Morgan fingerprint density at radius 3 is 2.58 bits per heavy atom. The number of ether oxygens (including phenoxy) is 2. The first-order valence-corrected chi connectivity index (χ1v) is 8.85. The second-order valence-corrected chi connectivity index (χ2v) is 7.49. The van der Waals surface area contributed by atoms with Crippen LogP contribution in [0, 0.1) is 5.92 Å². The van der Waals surface area contributed by atoms with E-state index in [9.17, 15) is 14.7 Å². The molecule has 1 saturated heterocycles. The quantitative estimate of drug-likeness (QED) is 0.838. The van der Waals surface area contributed by atoms with Crippen molar-refractivity contribution in [2.75, 3.05) is 19.6 Å². The molecule has 0 aliphatic carbocycles. The third-order valence-electron chi connectivity index (χ3n) is 4.06. The monoisotopic (exact) mass is 364 g/mol. The van der Waals surface area contributed by atoms with Gasteiger partial charge in [-0.1, -0.05) is 30.3 Å². The van der Waals surface area contributed by atoms with Crippen LogP contribution in [0.4, 0.5) is 9.59 Å². The summed E-state index contributed by atoms with van der Waals surface area (Å²) in [5, 5.41) is 12.8. The number of carbonyl (C=O) groups excluding carboxylic acids is 2. The van der Waals surface area contributed by atoms with E-state index in [-0.39, 0.29) is 19.1 Å². The summed E-state index contributed by atoms with van der Waals surface area (Å²) in [6.45, 7) is 6.66. The second-order valence-electron chi connectivity index (χ2n) is 7.49. The van der Waals surface area contributed by atoms with Gasteiger partial charge in [0.15, 0.2) is 0 Å². The molecule has 7 heteroatoms. The number of aliphatic hydroxyl groups excluding tert-OH is 1. The van der Waals surface area contributed by atoms with Crippen molar-refractivity contribution < 1.29 is 24.2 Å². The number of aliphatic hydroxyl groups is 1. The van der Waals surface area contributed by atoms with Gasteiger partial charge in [-0.2, -0.15) is 0 Å². The lowest BCUT2D eigenvalue weighted by molar-refractivity contribution is 0.0269. The molecule has 2 unspecified atom stereocenters. The van der Waals surface area contributed by atoms with Crippen LogP contribution in [0.2, 0.25) is 0 Å². The Morgan fingerprint density at radius 1 is 1.23 bits per heavy atom. The van der Waals surface area contributed by atoms with E-state index in [4.69, 9.17) is 9.47 Å². The molecule has 0 saturated carbocycles. The maximum Gasteiger partial charge on any atom is 0.410 e. The number of carbonyl (C=O) groups is 2. The van der Waals surface area contributed by atoms with Gasteiger partial charge < -0.3 is 24.8 Å². The molecule has 2 amide bonds. The molecule has 1 aromatic carbocycles.